The van der Waals surface area contributed by atoms with E-state index in [1.54, 1.807) is 0 Å². The van der Waals surface area contributed by atoms with Crippen LogP contribution in [0.4, 0.5) is 0 Å². The minimum atomic E-state index is 0.565. The second-order valence-corrected chi connectivity index (χ2v) is 6.38. The van der Waals surface area contributed by atoms with Crippen molar-refractivity contribution in [3.8, 4) is 0 Å². The third-order valence-corrected chi connectivity index (χ3v) is 4.39. The van der Waals surface area contributed by atoms with Crippen LogP contribution in [0.25, 0.3) is 0 Å². The minimum absolute atomic E-state index is 0.565. The van der Waals surface area contributed by atoms with Gasteiger partial charge in [-0.05, 0) is 55.7 Å². The summed E-state index contributed by atoms with van der Waals surface area (Å²) in [4.78, 5) is 1.43. The van der Waals surface area contributed by atoms with Gasteiger partial charge in [0.2, 0.25) is 0 Å². The first-order valence-electron chi connectivity index (χ1n) is 7.51. The summed E-state index contributed by atoms with van der Waals surface area (Å²) < 4.78 is 0. The molecule has 0 aromatic carbocycles. The van der Waals surface area contributed by atoms with Crippen LogP contribution in [-0.4, -0.2) is 6.54 Å². The van der Waals surface area contributed by atoms with E-state index in [9.17, 15) is 0 Å². The molecule has 0 aliphatic carbocycles. The SMILES string of the molecule is CCCNC(c1csc(C)c1)C(CCC)CCC. The van der Waals surface area contributed by atoms with Crippen LogP contribution in [0, 0.1) is 12.8 Å². The van der Waals surface area contributed by atoms with Gasteiger partial charge in [-0.25, -0.2) is 0 Å². The number of rotatable bonds is 9. The van der Waals surface area contributed by atoms with Crippen LogP contribution in [0.3, 0.4) is 0 Å². The Morgan fingerprint density at radius 3 is 2.22 bits per heavy atom. The Hall–Kier alpha value is -0.340. The Kier molecular flexibility index (Phi) is 7.60. The molecule has 1 nitrogen and oxygen atoms in total. The van der Waals surface area contributed by atoms with Gasteiger partial charge in [-0.1, -0.05) is 33.6 Å². The molecule has 0 spiro atoms. The highest BCUT2D eigenvalue weighted by atomic mass is 32.1. The van der Waals surface area contributed by atoms with E-state index >= 15 is 0 Å². The highest BCUT2D eigenvalue weighted by Crippen LogP contribution is 2.32. The standard InChI is InChI=1S/C16H29NS/c1-5-8-14(9-6-2)16(17-10-7-3)15-11-13(4)18-12-15/h11-12,14,16-17H,5-10H2,1-4H3. The molecular formula is C16H29NS. The molecular weight excluding hydrogens is 238 g/mol. The lowest BCUT2D eigenvalue weighted by molar-refractivity contribution is 0.317. The molecule has 0 aliphatic heterocycles. The van der Waals surface area contributed by atoms with Crippen molar-refractivity contribution < 1.29 is 0 Å². The molecule has 0 aliphatic rings. The van der Waals surface area contributed by atoms with Crippen molar-refractivity contribution in [2.75, 3.05) is 6.54 Å². The smallest absolute Gasteiger partial charge is 0.0357 e. The Morgan fingerprint density at radius 1 is 1.11 bits per heavy atom. The van der Waals surface area contributed by atoms with E-state index in [0.29, 0.717) is 6.04 Å². The topological polar surface area (TPSA) is 12.0 Å². The van der Waals surface area contributed by atoms with Gasteiger partial charge in [0.1, 0.15) is 0 Å². The summed E-state index contributed by atoms with van der Waals surface area (Å²) in [5.74, 6) is 0.792. The molecule has 1 rings (SSSR count). The van der Waals surface area contributed by atoms with Gasteiger partial charge in [0, 0.05) is 10.9 Å². The third-order valence-electron chi connectivity index (χ3n) is 3.51. The van der Waals surface area contributed by atoms with E-state index in [0.717, 1.165) is 12.5 Å². The maximum atomic E-state index is 3.78. The maximum absolute atomic E-state index is 3.78. The summed E-state index contributed by atoms with van der Waals surface area (Å²) in [5, 5.41) is 6.12. The summed E-state index contributed by atoms with van der Waals surface area (Å²) in [7, 11) is 0. The van der Waals surface area contributed by atoms with Crippen molar-refractivity contribution in [1.82, 2.24) is 5.32 Å². The minimum Gasteiger partial charge on any atom is -0.310 e. The fraction of sp³-hybridized carbons (Fsp3) is 0.750. The Balaban J connectivity index is 2.80. The maximum Gasteiger partial charge on any atom is 0.0357 e. The van der Waals surface area contributed by atoms with E-state index < -0.39 is 0 Å². The Morgan fingerprint density at radius 2 is 1.78 bits per heavy atom. The summed E-state index contributed by atoms with van der Waals surface area (Å²) in [6.45, 7) is 10.2. The zero-order valence-electron chi connectivity index (χ0n) is 12.5. The van der Waals surface area contributed by atoms with Crippen LogP contribution in [0.15, 0.2) is 11.4 Å². The molecule has 104 valence electrons. The fourth-order valence-corrected chi connectivity index (χ4v) is 3.44. The van der Waals surface area contributed by atoms with Crippen LogP contribution < -0.4 is 5.32 Å². The van der Waals surface area contributed by atoms with Gasteiger partial charge in [-0.3, -0.25) is 0 Å². The highest BCUT2D eigenvalue weighted by molar-refractivity contribution is 7.10. The van der Waals surface area contributed by atoms with Crippen molar-refractivity contribution in [3.63, 3.8) is 0 Å². The van der Waals surface area contributed by atoms with E-state index in [2.05, 4.69) is 44.5 Å². The van der Waals surface area contributed by atoms with Crippen molar-refractivity contribution in [2.24, 2.45) is 5.92 Å². The van der Waals surface area contributed by atoms with Gasteiger partial charge in [-0.15, -0.1) is 11.3 Å². The van der Waals surface area contributed by atoms with Crippen LogP contribution in [0.2, 0.25) is 0 Å². The Bertz CT molecular complexity index is 313. The predicted molar refractivity (Wildman–Crippen MR) is 83.4 cm³/mol. The molecule has 2 heteroatoms. The normalized spacial score (nSPS) is 13.2. The quantitative estimate of drug-likeness (QED) is 0.639. The average Bonchev–Trinajstić information content (AvgIpc) is 2.77. The number of aryl methyl sites for hydroxylation is 1. The fourth-order valence-electron chi connectivity index (χ4n) is 2.70. The summed E-state index contributed by atoms with van der Waals surface area (Å²) in [6.07, 6.45) is 6.47. The van der Waals surface area contributed by atoms with Gasteiger partial charge in [0.15, 0.2) is 0 Å². The molecule has 1 atom stereocenters. The molecule has 0 saturated heterocycles. The first-order chi connectivity index (χ1) is 8.72. The Labute approximate surface area is 117 Å². The van der Waals surface area contributed by atoms with Gasteiger partial charge < -0.3 is 5.32 Å². The molecule has 1 heterocycles. The van der Waals surface area contributed by atoms with E-state index in [-0.39, 0.29) is 0 Å². The van der Waals surface area contributed by atoms with Crippen molar-refractivity contribution in [1.29, 1.82) is 0 Å². The van der Waals surface area contributed by atoms with Crippen LogP contribution in [-0.2, 0) is 0 Å². The number of nitrogens with one attached hydrogen (secondary N) is 1. The van der Waals surface area contributed by atoms with Gasteiger partial charge in [0.05, 0.1) is 0 Å². The first-order valence-corrected chi connectivity index (χ1v) is 8.39. The number of hydrogen-bond acceptors (Lipinski definition) is 2. The zero-order valence-corrected chi connectivity index (χ0v) is 13.3. The molecule has 0 saturated carbocycles. The first kappa shape index (κ1) is 15.7. The van der Waals surface area contributed by atoms with E-state index in [1.165, 1.54) is 42.5 Å². The number of hydrogen-bond donors (Lipinski definition) is 1. The zero-order chi connectivity index (χ0) is 13.4. The van der Waals surface area contributed by atoms with Crippen molar-refractivity contribution >= 4 is 11.3 Å². The lowest BCUT2D eigenvalue weighted by atomic mass is 9.87. The summed E-state index contributed by atoms with van der Waals surface area (Å²) in [5.41, 5.74) is 1.51. The summed E-state index contributed by atoms with van der Waals surface area (Å²) in [6, 6.07) is 2.94. The lowest BCUT2D eigenvalue weighted by Gasteiger charge is -2.27. The molecule has 18 heavy (non-hydrogen) atoms. The monoisotopic (exact) mass is 267 g/mol. The van der Waals surface area contributed by atoms with Gasteiger partial charge >= 0.3 is 0 Å². The predicted octanol–water partition coefficient (Wildman–Crippen LogP) is 5.31. The molecule has 1 unspecified atom stereocenters. The molecule has 1 aromatic rings. The van der Waals surface area contributed by atoms with Gasteiger partial charge in [-0.2, -0.15) is 0 Å². The molecule has 1 N–H and O–H groups in total. The van der Waals surface area contributed by atoms with Crippen LogP contribution in [0.1, 0.15) is 69.4 Å². The van der Waals surface area contributed by atoms with Crippen LogP contribution >= 0.6 is 11.3 Å². The number of thiophene rings is 1. The molecule has 0 fully saturated rings. The van der Waals surface area contributed by atoms with Gasteiger partial charge in [0.25, 0.3) is 0 Å². The van der Waals surface area contributed by atoms with Crippen molar-refractivity contribution in [3.05, 3.63) is 21.9 Å². The molecule has 0 amide bonds. The molecule has 0 radical (unpaired) electrons. The third kappa shape index (κ3) is 4.74. The highest BCUT2D eigenvalue weighted by Gasteiger charge is 2.21. The summed E-state index contributed by atoms with van der Waals surface area (Å²) >= 11 is 1.88. The van der Waals surface area contributed by atoms with Crippen LogP contribution in [0.5, 0.6) is 0 Å². The second-order valence-electron chi connectivity index (χ2n) is 5.26. The van der Waals surface area contributed by atoms with Crippen molar-refractivity contribution in [2.45, 2.75) is 65.8 Å². The van der Waals surface area contributed by atoms with E-state index in [1.807, 2.05) is 11.3 Å². The average molecular weight is 267 g/mol. The second kappa shape index (κ2) is 8.71. The van der Waals surface area contributed by atoms with E-state index in [4.69, 9.17) is 0 Å². The lowest BCUT2D eigenvalue weighted by Crippen LogP contribution is -2.28. The largest absolute Gasteiger partial charge is 0.310 e. The molecule has 0 bridgehead atoms. The molecule has 1 aromatic heterocycles.